The van der Waals surface area contributed by atoms with Gasteiger partial charge in [-0.3, -0.25) is 19.2 Å². The van der Waals surface area contributed by atoms with Gasteiger partial charge in [0.05, 0.1) is 58.8 Å². The number of hydrogen-bond acceptors (Lipinski definition) is 6. The normalized spacial score (nSPS) is 21.8. The number of amides is 4. The van der Waals surface area contributed by atoms with Crippen molar-refractivity contribution < 1.29 is 81.3 Å². The van der Waals surface area contributed by atoms with E-state index in [2.05, 4.69) is 21.3 Å². The van der Waals surface area contributed by atoms with Gasteiger partial charge in [-0.25, -0.2) is 0 Å². The monoisotopic (exact) mass is 1000 g/mol. The number of halogens is 12. The van der Waals surface area contributed by atoms with Crippen molar-refractivity contribution in [1.29, 1.82) is 0 Å². The minimum absolute atomic E-state index is 0.0607. The molecule has 0 radical (unpaired) electrons. The van der Waals surface area contributed by atoms with E-state index in [9.17, 15) is 71.9 Å². The summed E-state index contributed by atoms with van der Waals surface area (Å²) in [5.41, 5.74) is -7.18. The Morgan fingerprint density at radius 3 is 1.07 bits per heavy atom. The molecule has 4 aromatic rings. The molecule has 6 atom stereocenters. The molecular formula is C48H48F12N4O6. The summed E-state index contributed by atoms with van der Waals surface area (Å²) < 4.78 is 170. The van der Waals surface area contributed by atoms with Gasteiger partial charge in [-0.15, -0.1) is 0 Å². The van der Waals surface area contributed by atoms with Crippen LogP contribution in [0.3, 0.4) is 0 Å². The van der Waals surface area contributed by atoms with E-state index >= 15 is 0 Å². The smallest absolute Gasteiger partial charge is 0.371 e. The maximum Gasteiger partial charge on any atom is 0.416 e. The number of hydrogen-bond donors (Lipinski definition) is 4. The van der Waals surface area contributed by atoms with Crippen molar-refractivity contribution in [3.63, 3.8) is 0 Å². The number of ether oxygens (including phenoxy) is 2. The Labute approximate surface area is 393 Å². The molecule has 4 aromatic carbocycles. The highest BCUT2D eigenvalue weighted by Gasteiger charge is 2.45. The molecule has 380 valence electrons. The summed E-state index contributed by atoms with van der Waals surface area (Å²) >= 11 is 0. The second kappa shape index (κ2) is 21.5. The molecule has 2 saturated heterocycles. The van der Waals surface area contributed by atoms with Crippen molar-refractivity contribution in [2.45, 2.75) is 113 Å². The number of piperidine rings is 2. The zero-order chi connectivity index (χ0) is 52.0. The highest BCUT2D eigenvalue weighted by Crippen LogP contribution is 2.41. The van der Waals surface area contributed by atoms with Crippen LogP contribution in [0.4, 0.5) is 52.7 Å². The van der Waals surface area contributed by atoms with Crippen LogP contribution in [0.15, 0.2) is 97.1 Å². The third-order valence-electron chi connectivity index (χ3n) is 11.8. The summed E-state index contributed by atoms with van der Waals surface area (Å²) in [7, 11) is 0. The number of nitrogens with one attached hydrogen (secondary N) is 4. The summed E-state index contributed by atoms with van der Waals surface area (Å²) in [6, 6.07) is 18.5. The second-order valence-electron chi connectivity index (χ2n) is 17.0. The molecular weight excluding hydrogens is 957 g/mol. The summed E-state index contributed by atoms with van der Waals surface area (Å²) in [4.78, 5) is 48.2. The molecule has 0 aliphatic carbocycles. The third kappa shape index (κ3) is 14.0. The number of carbonyl (C=O) groups is 4. The Balaban J connectivity index is 0.000000261. The van der Waals surface area contributed by atoms with Gasteiger partial charge in [0.2, 0.25) is 23.6 Å². The Kier molecular flexibility index (Phi) is 16.8. The van der Waals surface area contributed by atoms with E-state index in [1.54, 1.807) is 60.7 Å². The summed E-state index contributed by atoms with van der Waals surface area (Å²) in [6.45, 7) is 4.82. The summed E-state index contributed by atoms with van der Waals surface area (Å²) in [6.07, 6.45) is -21.0. The van der Waals surface area contributed by atoms with E-state index in [4.69, 9.17) is 9.47 Å². The van der Waals surface area contributed by atoms with Crippen molar-refractivity contribution in [1.82, 2.24) is 21.3 Å². The van der Waals surface area contributed by atoms with E-state index < -0.39 is 94.1 Å². The van der Waals surface area contributed by atoms with Gasteiger partial charge in [-0.1, -0.05) is 60.7 Å². The van der Waals surface area contributed by atoms with Crippen LogP contribution < -0.4 is 21.3 Å². The lowest BCUT2D eigenvalue weighted by Gasteiger charge is -2.41. The Bertz CT molecular complexity index is 2250. The predicted molar refractivity (Wildman–Crippen MR) is 228 cm³/mol. The van der Waals surface area contributed by atoms with Crippen LogP contribution in [0, 0.1) is 0 Å². The first-order valence-corrected chi connectivity index (χ1v) is 21.5. The van der Waals surface area contributed by atoms with Crippen LogP contribution in [-0.2, 0) is 64.4 Å². The van der Waals surface area contributed by atoms with E-state index in [0.29, 0.717) is 48.2 Å². The van der Waals surface area contributed by atoms with Gasteiger partial charge in [0, 0.05) is 13.8 Å². The molecule has 2 fully saturated rings. The summed E-state index contributed by atoms with van der Waals surface area (Å²) in [5.74, 6) is -1.70. The fourth-order valence-corrected chi connectivity index (χ4v) is 8.07. The van der Waals surface area contributed by atoms with Crippen LogP contribution in [0.1, 0.15) is 110 Å². The molecule has 0 spiro atoms. The molecule has 10 nitrogen and oxygen atoms in total. The van der Waals surface area contributed by atoms with Gasteiger partial charge in [0.15, 0.2) is 0 Å². The SMILES string of the molecule is CC(=O)NC1CC[C@@](CO[C@H](C)c2cc(C(F)(F)F)cc(C(F)(F)F)c2)(c2ccccc2)NC1=O.CC(=O)NC1CC[C@@](CO[C@H](C)c2cc(C(F)(F)F)cc(C(F)(F)F)c2)(c2ccccc2)NC1=O. The molecule has 70 heavy (non-hydrogen) atoms. The third-order valence-corrected chi connectivity index (χ3v) is 11.8. The van der Waals surface area contributed by atoms with Crippen LogP contribution >= 0.6 is 0 Å². The molecule has 4 N–H and O–H groups in total. The Hall–Kier alpha value is -6.16. The average Bonchev–Trinajstić information content (AvgIpc) is 3.28. The predicted octanol–water partition coefficient (Wildman–Crippen LogP) is 10.2. The van der Waals surface area contributed by atoms with Crippen molar-refractivity contribution in [3.8, 4) is 0 Å². The first-order valence-electron chi connectivity index (χ1n) is 21.5. The van der Waals surface area contributed by atoms with Crippen LogP contribution in [0.5, 0.6) is 0 Å². The first kappa shape index (κ1) is 54.8. The molecule has 2 aliphatic heterocycles. The average molecular weight is 1000 g/mol. The fourth-order valence-electron chi connectivity index (χ4n) is 8.07. The highest BCUT2D eigenvalue weighted by molar-refractivity contribution is 5.89. The highest BCUT2D eigenvalue weighted by atomic mass is 19.4. The van der Waals surface area contributed by atoms with Crippen molar-refractivity contribution >= 4 is 23.6 Å². The van der Waals surface area contributed by atoms with E-state index in [1.807, 2.05) is 0 Å². The number of benzene rings is 4. The van der Waals surface area contributed by atoms with E-state index in [1.165, 1.54) is 27.7 Å². The van der Waals surface area contributed by atoms with Crippen molar-refractivity contribution in [2.24, 2.45) is 0 Å². The lowest BCUT2D eigenvalue weighted by Crippen LogP contribution is -2.60. The molecule has 2 heterocycles. The maximum absolute atomic E-state index is 13.2. The largest absolute Gasteiger partial charge is 0.416 e. The minimum atomic E-state index is -4.98. The Morgan fingerprint density at radius 2 is 0.829 bits per heavy atom. The van der Waals surface area contributed by atoms with Crippen molar-refractivity contribution in [3.05, 3.63) is 142 Å². The Morgan fingerprint density at radius 1 is 0.543 bits per heavy atom. The number of carbonyl (C=O) groups excluding carboxylic acids is 4. The quantitative estimate of drug-likeness (QED) is 0.104. The standard InChI is InChI=1S/2C24H24F6N2O3/c2*1-14(16-10-18(23(25,26)27)12-19(11-16)24(28,29)30)35-13-22(17-6-4-3-5-7-17)9-8-20(21(34)32-22)31-15(2)33/h2*3-7,10-12,14,20H,8-9,13H2,1-2H3,(H,31,33)(H,32,34)/t2*14-,20?,22-/m11/s1. The van der Waals surface area contributed by atoms with Gasteiger partial charge in [0.25, 0.3) is 0 Å². The zero-order valence-electron chi connectivity index (χ0n) is 37.8. The van der Waals surface area contributed by atoms with Crippen LogP contribution in [0.2, 0.25) is 0 Å². The fraction of sp³-hybridized carbons (Fsp3) is 0.417. The summed E-state index contributed by atoms with van der Waals surface area (Å²) in [5, 5.41) is 10.8. The molecule has 0 bridgehead atoms. The lowest BCUT2D eigenvalue weighted by atomic mass is 9.81. The van der Waals surface area contributed by atoms with Gasteiger partial charge >= 0.3 is 24.7 Å². The molecule has 2 aliphatic rings. The topological polar surface area (TPSA) is 135 Å². The van der Waals surface area contributed by atoms with Gasteiger partial charge in [-0.2, -0.15) is 52.7 Å². The molecule has 4 amide bonds. The van der Waals surface area contributed by atoms with Crippen LogP contribution in [0.25, 0.3) is 0 Å². The van der Waals surface area contributed by atoms with E-state index in [-0.39, 0.29) is 61.1 Å². The van der Waals surface area contributed by atoms with E-state index in [0.717, 1.165) is 0 Å². The van der Waals surface area contributed by atoms with Crippen molar-refractivity contribution in [2.75, 3.05) is 13.2 Å². The van der Waals surface area contributed by atoms with Gasteiger partial charge in [-0.05, 0) is 98.2 Å². The molecule has 6 rings (SSSR count). The zero-order valence-corrected chi connectivity index (χ0v) is 37.8. The molecule has 0 saturated carbocycles. The van der Waals surface area contributed by atoms with Gasteiger partial charge < -0.3 is 30.7 Å². The second-order valence-corrected chi connectivity index (χ2v) is 17.0. The molecule has 2 unspecified atom stereocenters. The first-order chi connectivity index (χ1) is 32.4. The maximum atomic E-state index is 13.2. The van der Waals surface area contributed by atoms with Crippen LogP contribution in [-0.4, -0.2) is 48.9 Å². The minimum Gasteiger partial charge on any atom is -0.371 e. The lowest BCUT2D eigenvalue weighted by molar-refractivity contribution is -0.145. The molecule has 0 aromatic heterocycles. The number of rotatable bonds is 12. The number of alkyl halides is 12. The van der Waals surface area contributed by atoms with Gasteiger partial charge in [0.1, 0.15) is 12.1 Å². The molecule has 22 heteroatoms.